The second kappa shape index (κ2) is 7.02. The van der Waals surface area contributed by atoms with Gasteiger partial charge < -0.3 is 15.6 Å². The second-order valence-electron chi connectivity index (χ2n) is 5.71. The number of imidazole rings is 1. The smallest absolute Gasteiger partial charge is 0.404 e. The van der Waals surface area contributed by atoms with Crippen molar-refractivity contribution in [3.8, 4) is 0 Å². The minimum Gasteiger partial charge on any atom is -0.404 e. The Hall–Kier alpha value is -2.89. The summed E-state index contributed by atoms with van der Waals surface area (Å²) in [7, 11) is -4.09. The van der Waals surface area contributed by atoms with Gasteiger partial charge in [-0.25, -0.2) is 13.4 Å². The first-order chi connectivity index (χ1) is 12.4. The van der Waals surface area contributed by atoms with Crippen molar-refractivity contribution in [2.45, 2.75) is 13.1 Å². The van der Waals surface area contributed by atoms with Gasteiger partial charge in [0.05, 0.1) is 40.5 Å². The first kappa shape index (κ1) is 20.4. The number of allylic oxidation sites excluding steroid dienone is 3. The number of amides is 1. The number of aryl methyl sites for hydroxylation is 1. The number of nitrogens with one attached hydrogen (secondary N) is 2. The van der Waals surface area contributed by atoms with E-state index in [0.29, 0.717) is 24.3 Å². The minimum absolute atomic E-state index is 0.332. The number of aromatic nitrogens is 2. The molecule has 1 aliphatic carbocycles. The molecule has 0 saturated carbocycles. The van der Waals surface area contributed by atoms with Crippen molar-refractivity contribution in [1.82, 2.24) is 14.9 Å². The number of halogens is 3. The highest BCUT2D eigenvalue weighted by Crippen LogP contribution is 2.44. The highest BCUT2D eigenvalue weighted by Gasteiger charge is 2.48. The van der Waals surface area contributed by atoms with E-state index in [4.69, 9.17) is 11.1 Å². The number of carbonyl (C=O) groups excluding carboxylic acids is 1. The Morgan fingerprint density at radius 3 is 2.48 bits per heavy atom. The van der Waals surface area contributed by atoms with Crippen LogP contribution in [0, 0.1) is 18.3 Å². The van der Waals surface area contributed by atoms with E-state index in [2.05, 4.69) is 4.98 Å². The summed E-state index contributed by atoms with van der Waals surface area (Å²) in [5, 5.41) is 8.74. The monoisotopic (exact) mass is 403 g/mol. The molecule has 27 heavy (non-hydrogen) atoms. The summed E-state index contributed by atoms with van der Waals surface area (Å²) in [6.07, 6.45) is -0.00571. The second-order valence-corrected chi connectivity index (χ2v) is 7.67. The van der Waals surface area contributed by atoms with Gasteiger partial charge in [0.25, 0.3) is 0 Å². The van der Waals surface area contributed by atoms with E-state index in [9.17, 15) is 26.4 Å². The van der Waals surface area contributed by atoms with Crippen LogP contribution in [0.15, 0.2) is 40.9 Å². The number of nitrogens with zero attached hydrogens (tertiary/aromatic N) is 2. The van der Waals surface area contributed by atoms with E-state index in [1.807, 2.05) is 5.32 Å². The normalized spacial score (nSPS) is 19.8. The summed E-state index contributed by atoms with van der Waals surface area (Å²) in [6, 6.07) is 0. The number of hydrogen-bond donors (Lipinski definition) is 3. The molecule has 1 aromatic rings. The summed E-state index contributed by atoms with van der Waals surface area (Å²) in [5.74, 6) is -3.28. The molecule has 1 atom stereocenters. The molecule has 4 N–H and O–H groups in total. The number of hydrogen-bond acceptors (Lipinski definition) is 6. The van der Waals surface area contributed by atoms with E-state index in [1.165, 1.54) is 6.20 Å². The molecule has 0 saturated heterocycles. The minimum atomic E-state index is -4.96. The molecule has 0 aliphatic heterocycles. The Morgan fingerprint density at radius 1 is 1.44 bits per heavy atom. The van der Waals surface area contributed by atoms with E-state index in [-0.39, 0.29) is 5.70 Å². The zero-order chi connectivity index (χ0) is 20.6. The first-order valence-corrected chi connectivity index (χ1v) is 9.26. The molecule has 0 fully saturated rings. The maximum Gasteiger partial charge on any atom is 0.413 e. The number of carbonyl (C=O) groups is 1. The molecule has 12 heteroatoms. The largest absolute Gasteiger partial charge is 0.413 e. The summed E-state index contributed by atoms with van der Waals surface area (Å²) in [6.45, 7) is 1.58. The lowest BCUT2D eigenvalue weighted by atomic mass is 9.84. The predicted octanol–water partition coefficient (Wildman–Crippen LogP) is 1.09. The first-order valence-electron chi connectivity index (χ1n) is 7.37. The van der Waals surface area contributed by atoms with Crippen LogP contribution >= 0.6 is 0 Å². The van der Waals surface area contributed by atoms with Crippen LogP contribution in [0.5, 0.6) is 0 Å². The molecule has 1 heterocycles. The molecular formula is C15H16F3N5O3S. The zero-order valence-corrected chi connectivity index (χ0v) is 15.0. The van der Waals surface area contributed by atoms with Crippen molar-refractivity contribution in [2.24, 2.45) is 11.7 Å². The Balaban J connectivity index is 2.92. The van der Waals surface area contributed by atoms with Crippen LogP contribution in [0.25, 0.3) is 5.70 Å². The van der Waals surface area contributed by atoms with Gasteiger partial charge in [-0.2, -0.15) is 13.2 Å². The fourth-order valence-electron chi connectivity index (χ4n) is 2.75. The van der Waals surface area contributed by atoms with Gasteiger partial charge in [0.15, 0.2) is 9.84 Å². The summed E-state index contributed by atoms with van der Waals surface area (Å²) in [4.78, 5) is 15.6. The Bertz CT molecular complexity index is 987. The average Bonchev–Trinajstić information content (AvgIpc) is 2.97. The molecule has 2 rings (SSSR count). The van der Waals surface area contributed by atoms with E-state index in [0.717, 1.165) is 17.2 Å². The Morgan fingerprint density at radius 2 is 2.07 bits per heavy atom. The van der Waals surface area contributed by atoms with Crippen molar-refractivity contribution in [3.63, 3.8) is 0 Å². The van der Waals surface area contributed by atoms with Crippen LogP contribution in [0.3, 0.4) is 0 Å². The lowest BCUT2D eigenvalue weighted by Gasteiger charge is -2.30. The van der Waals surface area contributed by atoms with Crippen molar-refractivity contribution in [3.05, 3.63) is 46.5 Å². The van der Waals surface area contributed by atoms with Crippen LogP contribution in [-0.4, -0.2) is 42.6 Å². The molecule has 0 radical (unpaired) electrons. The van der Waals surface area contributed by atoms with Gasteiger partial charge in [0.1, 0.15) is 0 Å². The molecule has 1 aromatic heterocycles. The number of sulfone groups is 1. The van der Waals surface area contributed by atoms with E-state index in [1.54, 1.807) is 6.92 Å². The number of rotatable bonds is 4. The Labute approximate surface area is 152 Å². The molecular weight excluding hydrogens is 387 g/mol. The zero-order valence-electron chi connectivity index (χ0n) is 14.2. The standard InChI is InChI=1S/C15H16F3N5O3S/c1-8-5-23(7-22-8)11-3-10(15(16,17)18)12(14(24)21-6-20)9(4-19)13(11)27(2,25)26/h3-7,12H,19H2,1-2H3,(H2,20,21,24). The number of nitrogens with two attached hydrogens (primary N) is 1. The van der Waals surface area contributed by atoms with Crippen LogP contribution < -0.4 is 11.1 Å². The maximum atomic E-state index is 13.6. The molecule has 0 aromatic carbocycles. The third kappa shape index (κ3) is 3.94. The van der Waals surface area contributed by atoms with Crippen LogP contribution in [0.4, 0.5) is 13.2 Å². The van der Waals surface area contributed by atoms with Gasteiger partial charge in [-0.1, -0.05) is 0 Å². The SMILES string of the molecule is Cc1cn(C2=C(S(C)(=O)=O)C(=CN)C(C(=O)NC=N)C(C(F)(F)F)=C2)cn1. The topological polar surface area (TPSA) is 131 Å². The average molecular weight is 403 g/mol. The van der Waals surface area contributed by atoms with Crippen molar-refractivity contribution >= 4 is 27.8 Å². The molecule has 1 unspecified atom stereocenters. The summed E-state index contributed by atoms with van der Waals surface area (Å²) in [5.41, 5.74) is 3.71. The highest BCUT2D eigenvalue weighted by atomic mass is 32.2. The van der Waals surface area contributed by atoms with Crippen molar-refractivity contribution in [2.75, 3.05) is 6.26 Å². The van der Waals surface area contributed by atoms with E-state index < -0.39 is 43.9 Å². The predicted molar refractivity (Wildman–Crippen MR) is 91.8 cm³/mol. The fraction of sp³-hybridized carbons (Fsp3) is 0.267. The molecule has 1 amide bonds. The molecule has 1 aliphatic rings. The fourth-order valence-corrected chi connectivity index (χ4v) is 3.90. The van der Waals surface area contributed by atoms with Gasteiger partial charge in [0, 0.05) is 18.0 Å². The van der Waals surface area contributed by atoms with Crippen LogP contribution in [0.1, 0.15) is 5.69 Å². The quantitative estimate of drug-likeness (QED) is 0.512. The van der Waals surface area contributed by atoms with Crippen LogP contribution in [0.2, 0.25) is 0 Å². The van der Waals surface area contributed by atoms with Crippen LogP contribution in [-0.2, 0) is 14.6 Å². The lowest BCUT2D eigenvalue weighted by Crippen LogP contribution is -2.39. The maximum absolute atomic E-state index is 13.6. The van der Waals surface area contributed by atoms with Gasteiger partial charge in [0.2, 0.25) is 5.91 Å². The summed E-state index contributed by atoms with van der Waals surface area (Å²) < 4.78 is 66.8. The molecule has 0 spiro atoms. The Kier molecular flexibility index (Phi) is 5.31. The van der Waals surface area contributed by atoms with Crippen molar-refractivity contribution < 1.29 is 26.4 Å². The van der Waals surface area contributed by atoms with Crippen molar-refractivity contribution in [1.29, 1.82) is 5.41 Å². The third-order valence-corrected chi connectivity index (χ3v) is 4.94. The lowest BCUT2D eigenvalue weighted by molar-refractivity contribution is -0.127. The molecule has 146 valence electrons. The van der Waals surface area contributed by atoms with Gasteiger partial charge >= 0.3 is 6.18 Å². The molecule has 0 bridgehead atoms. The van der Waals surface area contributed by atoms with E-state index >= 15 is 0 Å². The summed E-state index contributed by atoms with van der Waals surface area (Å²) >= 11 is 0. The van der Waals surface area contributed by atoms with Gasteiger partial charge in [-0.05, 0) is 19.2 Å². The van der Waals surface area contributed by atoms with Gasteiger partial charge in [-0.3, -0.25) is 10.2 Å². The van der Waals surface area contributed by atoms with Gasteiger partial charge in [-0.15, -0.1) is 0 Å². The molecule has 8 nitrogen and oxygen atoms in total. The highest BCUT2D eigenvalue weighted by molar-refractivity contribution is 7.95. The number of alkyl halides is 3. The third-order valence-electron chi connectivity index (χ3n) is 3.75.